The van der Waals surface area contributed by atoms with Crippen molar-refractivity contribution in [1.29, 1.82) is 0 Å². The third-order valence-electron chi connectivity index (χ3n) is 4.22. The van der Waals surface area contributed by atoms with Crippen LogP contribution in [0.15, 0.2) is 53.6 Å². The highest BCUT2D eigenvalue weighted by Gasteiger charge is 2.29. The fraction of sp³-hybridized carbons (Fsp3) is 0.316. The molecule has 1 atom stereocenters. The standard InChI is InChI=1S/C19H23N3O2/c1-23-17-8-6-14(7-9-17)19-12-15(10-11-20)21-22(19)16-4-3-5-18(13-16)24-2/h3-9,13,19H,10-12,20H2,1-2H3. The van der Waals surface area contributed by atoms with Gasteiger partial charge in [-0.3, -0.25) is 5.01 Å². The summed E-state index contributed by atoms with van der Waals surface area (Å²) in [6, 6.07) is 16.3. The quantitative estimate of drug-likeness (QED) is 0.885. The van der Waals surface area contributed by atoms with Crippen LogP contribution >= 0.6 is 0 Å². The van der Waals surface area contributed by atoms with Crippen LogP contribution in [0.25, 0.3) is 0 Å². The predicted octanol–water partition coefficient (Wildman–Crippen LogP) is 3.36. The predicted molar refractivity (Wildman–Crippen MR) is 96.9 cm³/mol. The molecule has 5 nitrogen and oxygen atoms in total. The van der Waals surface area contributed by atoms with Gasteiger partial charge in [-0.05, 0) is 42.8 Å². The number of ether oxygens (including phenoxy) is 2. The van der Waals surface area contributed by atoms with E-state index in [4.69, 9.17) is 20.3 Å². The van der Waals surface area contributed by atoms with Crippen molar-refractivity contribution in [2.75, 3.05) is 25.8 Å². The smallest absolute Gasteiger partial charge is 0.120 e. The molecule has 2 aromatic rings. The molecule has 1 aliphatic heterocycles. The van der Waals surface area contributed by atoms with Crippen molar-refractivity contribution in [3.8, 4) is 11.5 Å². The molecular weight excluding hydrogens is 302 g/mol. The Bertz CT molecular complexity index is 713. The fourth-order valence-electron chi connectivity index (χ4n) is 2.97. The van der Waals surface area contributed by atoms with Gasteiger partial charge in [0.15, 0.2) is 0 Å². The second kappa shape index (κ2) is 7.36. The van der Waals surface area contributed by atoms with Crippen LogP contribution < -0.4 is 20.2 Å². The van der Waals surface area contributed by atoms with Gasteiger partial charge in [0.05, 0.1) is 25.9 Å². The molecule has 0 aromatic heterocycles. The van der Waals surface area contributed by atoms with E-state index in [-0.39, 0.29) is 6.04 Å². The summed E-state index contributed by atoms with van der Waals surface area (Å²) in [4.78, 5) is 0. The molecule has 5 heteroatoms. The Morgan fingerprint density at radius 3 is 2.50 bits per heavy atom. The van der Waals surface area contributed by atoms with E-state index >= 15 is 0 Å². The summed E-state index contributed by atoms with van der Waals surface area (Å²) in [6.07, 6.45) is 1.69. The molecule has 2 aromatic carbocycles. The largest absolute Gasteiger partial charge is 0.497 e. The van der Waals surface area contributed by atoms with Gasteiger partial charge in [0.1, 0.15) is 11.5 Å². The molecule has 0 saturated heterocycles. The highest BCUT2D eigenvalue weighted by atomic mass is 16.5. The summed E-state index contributed by atoms with van der Waals surface area (Å²) >= 11 is 0. The minimum Gasteiger partial charge on any atom is -0.497 e. The lowest BCUT2D eigenvalue weighted by molar-refractivity contribution is 0.414. The SMILES string of the molecule is COc1ccc(C2CC(CCN)=NN2c2cccc(OC)c2)cc1. The van der Waals surface area contributed by atoms with Crippen molar-refractivity contribution in [3.05, 3.63) is 54.1 Å². The zero-order chi connectivity index (χ0) is 16.9. The van der Waals surface area contributed by atoms with E-state index in [1.807, 2.05) is 36.4 Å². The van der Waals surface area contributed by atoms with E-state index in [2.05, 4.69) is 17.1 Å². The van der Waals surface area contributed by atoms with Gasteiger partial charge < -0.3 is 15.2 Å². The van der Waals surface area contributed by atoms with Crippen molar-refractivity contribution in [3.63, 3.8) is 0 Å². The van der Waals surface area contributed by atoms with Gasteiger partial charge in [0, 0.05) is 18.2 Å². The summed E-state index contributed by atoms with van der Waals surface area (Å²) in [5, 5.41) is 6.87. The van der Waals surface area contributed by atoms with E-state index < -0.39 is 0 Å². The van der Waals surface area contributed by atoms with Crippen LogP contribution in [0.1, 0.15) is 24.4 Å². The molecule has 3 rings (SSSR count). The third-order valence-corrected chi connectivity index (χ3v) is 4.22. The number of benzene rings is 2. The summed E-state index contributed by atoms with van der Waals surface area (Å²) < 4.78 is 10.6. The molecule has 0 spiro atoms. The second-order valence-electron chi connectivity index (χ2n) is 5.74. The Kier molecular flexibility index (Phi) is 5.01. The Balaban J connectivity index is 1.93. The van der Waals surface area contributed by atoms with Gasteiger partial charge in [0.2, 0.25) is 0 Å². The first-order chi connectivity index (χ1) is 11.7. The molecule has 24 heavy (non-hydrogen) atoms. The van der Waals surface area contributed by atoms with E-state index in [1.165, 1.54) is 5.56 Å². The first kappa shape index (κ1) is 16.3. The molecule has 126 valence electrons. The van der Waals surface area contributed by atoms with Crippen molar-refractivity contribution in [1.82, 2.24) is 0 Å². The second-order valence-corrected chi connectivity index (χ2v) is 5.74. The van der Waals surface area contributed by atoms with Crippen LogP contribution in [0, 0.1) is 0 Å². The number of methoxy groups -OCH3 is 2. The maximum absolute atomic E-state index is 5.72. The van der Waals surface area contributed by atoms with Crippen molar-refractivity contribution in [2.24, 2.45) is 10.8 Å². The van der Waals surface area contributed by atoms with Crippen molar-refractivity contribution < 1.29 is 9.47 Å². The van der Waals surface area contributed by atoms with Crippen LogP contribution in [0.5, 0.6) is 11.5 Å². The first-order valence-electron chi connectivity index (χ1n) is 8.09. The summed E-state index contributed by atoms with van der Waals surface area (Å²) in [6.45, 7) is 0.611. The Labute approximate surface area is 142 Å². The monoisotopic (exact) mass is 325 g/mol. The first-order valence-corrected chi connectivity index (χ1v) is 8.09. The number of rotatable bonds is 6. The lowest BCUT2D eigenvalue weighted by atomic mass is 10.00. The zero-order valence-corrected chi connectivity index (χ0v) is 14.1. The minimum absolute atomic E-state index is 0.157. The van der Waals surface area contributed by atoms with Gasteiger partial charge >= 0.3 is 0 Å². The Morgan fingerprint density at radius 1 is 1.08 bits per heavy atom. The number of hydrogen-bond acceptors (Lipinski definition) is 5. The van der Waals surface area contributed by atoms with E-state index in [1.54, 1.807) is 14.2 Å². The molecular formula is C19H23N3O2. The van der Waals surface area contributed by atoms with Gasteiger partial charge in [-0.15, -0.1) is 0 Å². The maximum Gasteiger partial charge on any atom is 0.120 e. The molecule has 0 aliphatic carbocycles. The lowest BCUT2D eigenvalue weighted by Crippen LogP contribution is -2.18. The Hall–Kier alpha value is -2.53. The molecule has 0 bridgehead atoms. The molecule has 2 N–H and O–H groups in total. The van der Waals surface area contributed by atoms with E-state index in [0.29, 0.717) is 6.54 Å². The van der Waals surface area contributed by atoms with Gasteiger partial charge in [-0.2, -0.15) is 5.10 Å². The van der Waals surface area contributed by atoms with Crippen LogP contribution in [0.4, 0.5) is 5.69 Å². The molecule has 1 heterocycles. The van der Waals surface area contributed by atoms with Gasteiger partial charge in [-0.1, -0.05) is 18.2 Å². The van der Waals surface area contributed by atoms with Gasteiger partial charge in [0.25, 0.3) is 0 Å². The topological polar surface area (TPSA) is 60.1 Å². The number of hydrogen-bond donors (Lipinski definition) is 1. The lowest BCUT2D eigenvalue weighted by Gasteiger charge is -2.24. The molecule has 0 amide bonds. The van der Waals surface area contributed by atoms with Crippen molar-refractivity contribution >= 4 is 11.4 Å². The maximum atomic E-state index is 5.72. The number of nitrogens with two attached hydrogens (primary N) is 1. The van der Waals surface area contributed by atoms with Crippen LogP contribution in [-0.4, -0.2) is 26.5 Å². The highest BCUT2D eigenvalue weighted by molar-refractivity contribution is 5.89. The van der Waals surface area contributed by atoms with Crippen LogP contribution in [-0.2, 0) is 0 Å². The number of hydrazone groups is 1. The number of nitrogens with zero attached hydrogens (tertiary/aromatic N) is 2. The van der Waals surface area contributed by atoms with Crippen molar-refractivity contribution in [2.45, 2.75) is 18.9 Å². The average molecular weight is 325 g/mol. The normalized spacial score (nSPS) is 16.9. The summed E-state index contributed by atoms with van der Waals surface area (Å²) in [5.74, 6) is 1.68. The Morgan fingerprint density at radius 2 is 1.83 bits per heavy atom. The zero-order valence-electron chi connectivity index (χ0n) is 14.1. The minimum atomic E-state index is 0.157. The van der Waals surface area contributed by atoms with E-state index in [9.17, 15) is 0 Å². The fourth-order valence-corrected chi connectivity index (χ4v) is 2.97. The molecule has 0 fully saturated rings. The summed E-state index contributed by atoms with van der Waals surface area (Å²) in [5.41, 5.74) is 9.07. The molecule has 1 aliphatic rings. The number of anilines is 1. The molecule has 0 saturated carbocycles. The molecule has 1 unspecified atom stereocenters. The third kappa shape index (κ3) is 3.36. The van der Waals surface area contributed by atoms with Gasteiger partial charge in [-0.25, -0.2) is 0 Å². The van der Waals surface area contributed by atoms with Crippen LogP contribution in [0.2, 0.25) is 0 Å². The molecule has 0 radical (unpaired) electrons. The van der Waals surface area contributed by atoms with E-state index in [0.717, 1.165) is 35.7 Å². The average Bonchev–Trinajstić information content (AvgIpc) is 3.06. The van der Waals surface area contributed by atoms with Crippen LogP contribution in [0.3, 0.4) is 0 Å². The summed E-state index contributed by atoms with van der Waals surface area (Å²) in [7, 11) is 3.35. The highest BCUT2D eigenvalue weighted by Crippen LogP contribution is 2.37.